The fraction of sp³-hybridized carbons (Fsp3) is 0.125. The number of hydrogen-bond donors (Lipinski definition) is 1. The lowest BCUT2D eigenvalue weighted by atomic mass is 10.1. The highest BCUT2D eigenvalue weighted by molar-refractivity contribution is 7.09. The Labute approximate surface area is 126 Å². The van der Waals surface area contributed by atoms with Crippen molar-refractivity contribution in [2.45, 2.75) is 6.42 Å². The molecular weight excluding hydrogens is 284 g/mol. The van der Waals surface area contributed by atoms with Crippen molar-refractivity contribution < 1.29 is 9.53 Å². The van der Waals surface area contributed by atoms with Crippen molar-refractivity contribution in [3.63, 3.8) is 0 Å². The molecule has 21 heavy (non-hydrogen) atoms. The Morgan fingerprint density at radius 3 is 3.19 bits per heavy atom. The van der Waals surface area contributed by atoms with Gasteiger partial charge in [0.2, 0.25) is 0 Å². The molecule has 2 heterocycles. The van der Waals surface area contributed by atoms with Crippen molar-refractivity contribution in [3.05, 3.63) is 58.7 Å². The summed E-state index contributed by atoms with van der Waals surface area (Å²) in [6.45, 7) is 0.377. The molecule has 0 atom stereocenters. The highest BCUT2D eigenvalue weighted by Crippen LogP contribution is 2.15. The van der Waals surface area contributed by atoms with E-state index in [1.807, 2.05) is 30.5 Å². The van der Waals surface area contributed by atoms with E-state index in [-0.39, 0.29) is 5.97 Å². The van der Waals surface area contributed by atoms with Gasteiger partial charge in [-0.3, -0.25) is 4.98 Å². The van der Waals surface area contributed by atoms with Gasteiger partial charge in [0, 0.05) is 35.3 Å². The van der Waals surface area contributed by atoms with Gasteiger partial charge in [0.15, 0.2) is 0 Å². The van der Waals surface area contributed by atoms with E-state index in [0.29, 0.717) is 13.0 Å². The van der Waals surface area contributed by atoms with Crippen LogP contribution in [0, 0.1) is 0 Å². The van der Waals surface area contributed by atoms with Crippen LogP contribution in [0.2, 0.25) is 0 Å². The summed E-state index contributed by atoms with van der Waals surface area (Å²) in [5, 5.41) is 1.12. The van der Waals surface area contributed by atoms with Crippen LogP contribution in [0.15, 0.2) is 48.2 Å². The van der Waals surface area contributed by atoms with E-state index in [1.54, 1.807) is 29.1 Å². The number of carbonyl (C=O) groups excluding carboxylic acids is 1. The first-order valence-electron chi connectivity index (χ1n) is 6.60. The molecule has 0 bridgehead atoms. The summed E-state index contributed by atoms with van der Waals surface area (Å²) in [4.78, 5) is 19.9. The number of carbonyl (C=O) groups is 1. The normalized spacial score (nSPS) is 11.2. The zero-order chi connectivity index (χ0) is 14.5. The van der Waals surface area contributed by atoms with Crippen molar-refractivity contribution in [3.8, 4) is 0 Å². The first-order chi connectivity index (χ1) is 10.3. The molecule has 0 saturated heterocycles. The number of esters is 1. The minimum atomic E-state index is -0.325. The average Bonchev–Trinajstić information content (AvgIpc) is 3.15. The standard InChI is InChI=1S/C16H14N2O2S/c19-16(20-8-6-14-10-17-11-21-14)4-2-12-1-3-15-13(9-12)5-7-18-15/h1-5,7,9-11,18H,6,8H2/b4-2+. The number of aromatic nitrogens is 2. The molecule has 0 aliphatic heterocycles. The Morgan fingerprint density at radius 2 is 2.33 bits per heavy atom. The van der Waals surface area contributed by atoms with Gasteiger partial charge in [-0.15, -0.1) is 11.3 Å². The van der Waals surface area contributed by atoms with E-state index in [9.17, 15) is 4.79 Å². The number of benzene rings is 1. The van der Waals surface area contributed by atoms with E-state index in [0.717, 1.165) is 21.3 Å². The Kier molecular flexibility index (Phi) is 4.12. The molecule has 0 aliphatic carbocycles. The number of rotatable bonds is 5. The molecule has 1 N–H and O–H groups in total. The van der Waals surface area contributed by atoms with Crippen molar-refractivity contribution in [1.82, 2.24) is 9.97 Å². The summed E-state index contributed by atoms with van der Waals surface area (Å²) >= 11 is 1.56. The van der Waals surface area contributed by atoms with E-state index < -0.39 is 0 Å². The number of aromatic amines is 1. The highest BCUT2D eigenvalue weighted by Gasteiger charge is 2.00. The third kappa shape index (κ3) is 3.58. The molecule has 4 nitrogen and oxygen atoms in total. The number of nitrogens with zero attached hydrogens (tertiary/aromatic N) is 1. The fourth-order valence-corrected chi connectivity index (χ4v) is 2.59. The van der Waals surface area contributed by atoms with Gasteiger partial charge in [-0.2, -0.15) is 0 Å². The lowest BCUT2D eigenvalue weighted by Gasteiger charge is -2.00. The smallest absolute Gasteiger partial charge is 0.330 e. The minimum absolute atomic E-state index is 0.325. The third-order valence-corrected chi connectivity index (χ3v) is 3.90. The first-order valence-corrected chi connectivity index (χ1v) is 7.48. The second-order valence-electron chi connectivity index (χ2n) is 4.54. The van der Waals surface area contributed by atoms with Gasteiger partial charge in [0.05, 0.1) is 12.1 Å². The van der Waals surface area contributed by atoms with Crippen LogP contribution in [0.3, 0.4) is 0 Å². The molecule has 3 rings (SSSR count). The lowest BCUT2D eigenvalue weighted by molar-refractivity contribution is -0.137. The molecule has 3 aromatic rings. The molecule has 0 aliphatic rings. The predicted molar refractivity (Wildman–Crippen MR) is 84.1 cm³/mol. The van der Waals surface area contributed by atoms with E-state index in [4.69, 9.17) is 4.74 Å². The summed E-state index contributed by atoms with van der Waals surface area (Å²) in [7, 11) is 0. The number of H-pyrrole nitrogens is 1. The summed E-state index contributed by atoms with van der Waals surface area (Å²) < 4.78 is 5.16. The van der Waals surface area contributed by atoms with Crippen LogP contribution in [-0.4, -0.2) is 22.5 Å². The quantitative estimate of drug-likeness (QED) is 0.580. The number of nitrogens with one attached hydrogen (secondary N) is 1. The summed E-state index contributed by atoms with van der Waals surface area (Å²) in [5.41, 5.74) is 3.83. The van der Waals surface area contributed by atoms with Gasteiger partial charge >= 0.3 is 5.97 Å². The molecule has 0 unspecified atom stereocenters. The van der Waals surface area contributed by atoms with Crippen molar-refractivity contribution in [1.29, 1.82) is 0 Å². The average molecular weight is 298 g/mol. The Bertz CT molecular complexity index is 760. The molecule has 106 valence electrons. The Hall–Kier alpha value is -2.40. The maximum Gasteiger partial charge on any atom is 0.330 e. The maximum atomic E-state index is 11.6. The summed E-state index contributed by atoms with van der Waals surface area (Å²) in [6.07, 6.45) is 7.62. The zero-order valence-corrected chi connectivity index (χ0v) is 12.1. The highest BCUT2D eigenvalue weighted by atomic mass is 32.1. The molecule has 0 saturated carbocycles. The fourth-order valence-electron chi connectivity index (χ4n) is 2.01. The number of hydrogen-bond acceptors (Lipinski definition) is 4. The second kappa shape index (κ2) is 6.37. The molecule has 0 radical (unpaired) electrons. The minimum Gasteiger partial charge on any atom is -0.462 e. The topological polar surface area (TPSA) is 55.0 Å². The van der Waals surface area contributed by atoms with Gasteiger partial charge in [0.1, 0.15) is 0 Å². The van der Waals surface area contributed by atoms with Crippen LogP contribution in [0.5, 0.6) is 0 Å². The summed E-state index contributed by atoms with van der Waals surface area (Å²) in [6, 6.07) is 7.97. The number of fused-ring (bicyclic) bond motifs is 1. The molecular formula is C16H14N2O2S. The van der Waals surface area contributed by atoms with Crippen LogP contribution in [0.1, 0.15) is 10.4 Å². The first kappa shape index (κ1) is 13.6. The molecule has 5 heteroatoms. The largest absolute Gasteiger partial charge is 0.462 e. The van der Waals surface area contributed by atoms with Crippen LogP contribution in [0.4, 0.5) is 0 Å². The summed E-state index contributed by atoms with van der Waals surface area (Å²) in [5.74, 6) is -0.325. The molecule has 1 aromatic carbocycles. The van der Waals surface area contributed by atoms with E-state index >= 15 is 0 Å². The Morgan fingerprint density at radius 1 is 1.38 bits per heavy atom. The third-order valence-electron chi connectivity index (χ3n) is 3.07. The van der Waals surface area contributed by atoms with Crippen LogP contribution >= 0.6 is 11.3 Å². The number of ether oxygens (including phenoxy) is 1. The van der Waals surface area contributed by atoms with Gasteiger partial charge < -0.3 is 9.72 Å². The monoisotopic (exact) mass is 298 g/mol. The van der Waals surface area contributed by atoms with Gasteiger partial charge in [-0.25, -0.2) is 4.79 Å². The molecule has 0 fully saturated rings. The molecule has 0 amide bonds. The predicted octanol–water partition coefficient (Wildman–Crippen LogP) is 3.42. The molecule has 2 aromatic heterocycles. The van der Waals surface area contributed by atoms with Gasteiger partial charge in [-0.05, 0) is 35.2 Å². The van der Waals surface area contributed by atoms with Gasteiger partial charge in [0.25, 0.3) is 0 Å². The van der Waals surface area contributed by atoms with E-state index in [2.05, 4.69) is 9.97 Å². The SMILES string of the molecule is O=C(/C=C/c1ccc2[nH]ccc2c1)OCCc1cncs1. The lowest BCUT2D eigenvalue weighted by Crippen LogP contribution is -2.03. The van der Waals surface area contributed by atoms with E-state index in [1.165, 1.54) is 6.08 Å². The van der Waals surface area contributed by atoms with Gasteiger partial charge in [-0.1, -0.05) is 6.07 Å². The Balaban J connectivity index is 1.53. The maximum absolute atomic E-state index is 11.6. The number of thiazole rings is 1. The zero-order valence-electron chi connectivity index (χ0n) is 11.3. The van der Waals surface area contributed by atoms with Crippen LogP contribution in [0.25, 0.3) is 17.0 Å². The van der Waals surface area contributed by atoms with Crippen LogP contribution in [-0.2, 0) is 16.0 Å². The van der Waals surface area contributed by atoms with Crippen molar-refractivity contribution >= 4 is 34.3 Å². The van der Waals surface area contributed by atoms with Crippen LogP contribution < -0.4 is 0 Å². The second-order valence-corrected chi connectivity index (χ2v) is 5.51. The molecule has 0 spiro atoms. The van der Waals surface area contributed by atoms with Crippen molar-refractivity contribution in [2.24, 2.45) is 0 Å². The van der Waals surface area contributed by atoms with Crippen molar-refractivity contribution in [2.75, 3.05) is 6.61 Å².